The van der Waals surface area contributed by atoms with Gasteiger partial charge in [0.15, 0.2) is 0 Å². The maximum absolute atomic E-state index is 13.9. The summed E-state index contributed by atoms with van der Waals surface area (Å²) >= 11 is 3.13. The molecule has 112 valence electrons. The maximum atomic E-state index is 13.9. The summed E-state index contributed by atoms with van der Waals surface area (Å²) in [6.45, 7) is 2.51. The van der Waals surface area contributed by atoms with Gasteiger partial charge in [0.1, 0.15) is 17.5 Å². The molecule has 0 saturated heterocycles. The Kier molecular flexibility index (Phi) is 5.42. The molecule has 21 heavy (non-hydrogen) atoms. The third-order valence-corrected chi connectivity index (χ3v) is 3.82. The van der Waals surface area contributed by atoms with Crippen LogP contribution in [-0.4, -0.2) is 6.54 Å². The highest BCUT2D eigenvalue weighted by Crippen LogP contribution is 2.24. The second kappa shape index (κ2) is 7.09. The fraction of sp³-hybridized carbons (Fsp3) is 0.250. The van der Waals surface area contributed by atoms with Gasteiger partial charge >= 0.3 is 0 Å². The molecule has 1 nitrogen and oxygen atoms in total. The van der Waals surface area contributed by atoms with Crippen molar-refractivity contribution in [2.45, 2.75) is 19.4 Å². The molecule has 0 amide bonds. The largest absolute Gasteiger partial charge is 0.310 e. The lowest BCUT2D eigenvalue weighted by molar-refractivity contribution is 0.501. The van der Waals surface area contributed by atoms with Gasteiger partial charge in [0.2, 0.25) is 0 Å². The molecular formula is C16H15BrF3N. The molecule has 0 spiro atoms. The molecule has 0 aliphatic carbocycles. The Morgan fingerprint density at radius 2 is 1.76 bits per heavy atom. The predicted octanol–water partition coefficient (Wildman–Crippen LogP) is 4.76. The Labute approximate surface area is 130 Å². The van der Waals surface area contributed by atoms with Crippen molar-refractivity contribution in [3.63, 3.8) is 0 Å². The molecular weight excluding hydrogens is 343 g/mol. The number of rotatable bonds is 5. The predicted molar refractivity (Wildman–Crippen MR) is 80.6 cm³/mol. The summed E-state index contributed by atoms with van der Waals surface area (Å²) < 4.78 is 40.9. The standard InChI is InChI=1S/C16H15BrF3N/c1-2-21-16(12-9-11(18)4-6-14(12)19)8-10-3-5-15(20)13(17)7-10/h3-7,9,16,21H,2,8H2,1H3. The highest BCUT2D eigenvalue weighted by atomic mass is 79.9. The third-order valence-electron chi connectivity index (χ3n) is 3.21. The zero-order valence-electron chi connectivity index (χ0n) is 11.5. The minimum absolute atomic E-state index is 0.275. The average Bonchev–Trinajstić information content (AvgIpc) is 2.45. The number of halogens is 4. The van der Waals surface area contributed by atoms with Crippen LogP contribution in [0.15, 0.2) is 40.9 Å². The Bertz CT molecular complexity index is 631. The molecule has 0 aliphatic rings. The molecule has 0 heterocycles. The van der Waals surface area contributed by atoms with Crippen molar-refractivity contribution < 1.29 is 13.2 Å². The summed E-state index contributed by atoms with van der Waals surface area (Å²) in [5, 5.41) is 3.13. The van der Waals surface area contributed by atoms with E-state index in [1.807, 2.05) is 6.92 Å². The minimum Gasteiger partial charge on any atom is -0.310 e. The molecule has 0 aliphatic heterocycles. The van der Waals surface area contributed by atoms with Gasteiger partial charge in [-0.05, 0) is 64.8 Å². The molecule has 0 bridgehead atoms. The number of hydrogen-bond acceptors (Lipinski definition) is 1. The molecule has 5 heteroatoms. The van der Waals surface area contributed by atoms with Crippen molar-refractivity contribution >= 4 is 15.9 Å². The normalized spacial score (nSPS) is 12.4. The van der Waals surface area contributed by atoms with Crippen molar-refractivity contribution in [2.75, 3.05) is 6.54 Å². The fourth-order valence-corrected chi connectivity index (χ4v) is 2.65. The van der Waals surface area contributed by atoms with Crippen LogP contribution < -0.4 is 5.32 Å². The molecule has 2 aromatic rings. The Morgan fingerprint density at radius 3 is 2.43 bits per heavy atom. The van der Waals surface area contributed by atoms with Crippen LogP contribution in [0, 0.1) is 17.5 Å². The van der Waals surface area contributed by atoms with Crippen molar-refractivity contribution in [3.8, 4) is 0 Å². The van der Waals surface area contributed by atoms with Crippen molar-refractivity contribution in [2.24, 2.45) is 0 Å². The van der Waals surface area contributed by atoms with Crippen LogP contribution in [-0.2, 0) is 6.42 Å². The maximum Gasteiger partial charge on any atom is 0.137 e. The molecule has 0 radical (unpaired) electrons. The summed E-state index contributed by atoms with van der Waals surface area (Å²) in [4.78, 5) is 0. The minimum atomic E-state index is -0.477. The Balaban J connectivity index is 2.30. The van der Waals surface area contributed by atoms with Crippen molar-refractivity contribution in [1.82, 2.24) is 5.32 Å². The summed E-state index contributed by atoms with van der Waals surface area (Å²) in [5.74, 6) is -1.28. The topological polar surface area (TPSA) is 12.0 Å². The van der Waals surface area contributed by atoms with E-state index in [1.54, 1.807) is 12.1 Å². The Morgan fingerprint density at radius 1 is 1.05 bits per heavy atom. The van der Waals surface area contributed by atoms with Crippen LogP contribution in [0.4, 0.5) is 13.2 Å². The summed E-state index contributed by atoms with van der Waals surface area (Å²) in [6.07, 6.45) is 0.438. The number of hydrogen-bond donors (Lipinski definition) is 1. The summed E-state index contributed by atoms with van der Waals surface area (Å²) in [5.41, 5.74) is 1.11. The van der Waals surface area contributed by atoms with Crippen LogP contribution in [0.1, 0.15) is 24.1 Å². The van der Waals surface area contributed by atoms with E-state index in [1.165, 1.54) is 12.1 Å². The van der Waals surface area contributed by atoms with Gasteiger partial charge in [-0.3, -0.25) is 0 Å². The molecule has 0 fully saturated rings. The van der Waals surface area contributed by atoms with E-state index < -0.39 is 11.6 Å². The van der Waals surface area contributed by atoms with Gasteiger partial charge in [-0.15, -0.1) is 0 Å². The molecule has 1 atom stereocenters. The fourth-order valence-electron chi connectivity index (χ4n) is 2.22. The average molecular weight is 358 g/mol. The number of nitrogens with one attached hydrogen (secondary N) is 1. The van der Waals surface area contributed by atoms with E-state index in [2.05, 4.69) is 21.2 Å². The molecule has 1 unspecified atom stereocenters. The highest BCUT2D eigenvalue weighted by Gasteiger charge is 2.17. The quantitative estimate of drug-likeness (QED) is 0.813. The number of benzene rings is 2. The second-order valence-electron chi connectivity index (χ2n) is 4.73. The van der Waals surface area contributed by atoms with Gasteiger partial charge in [-0.2, -0.15) is 0 Å². The third kappa shape index (κ3) is 4.08. The number of likely N-dealkylation sites (N-methyl/N-ethyl adjacent to an activating group) is 1. The van der Waals surface area contributed by atoms with E-state index in [0.717, 1.165) is 17.7 Å². The Hall–Kier alpha value is -1.33. The first-order valence-electron chi connectivity index (χ1n) is 6.63. The van der Waals surface area contributed by atoms with Crippen LogP contribution >= 0.6 is 15.9 Å². The summed E-state index contributed by atoms with van der Waals surface area (Å²) in [7, 11) is 0. The van der Waals surface area contributed by atoms with Crippen molar-refractivity contribution in [1.29, 1.82) is 0 Å². The zero-order chi connectivity index (χ0) is 15.4. The molecule has 1 N–H and O–H groups in total. The SMILES string of the molecule is CCNC(Cc1ccc(F)c(Br)c1)c1cc(F)ccc1F. The lowest BCUT2D eigenvalue weighted by atomic mass is 9.98. The van der Waals surface area contributed by atoms with Gasteiger partial charge in [0.25, 0.3) is 0 Å². The van der Waals surface area contributed by atoms with E-state index in [9.17, 15) is 13.2 Å². The van der Waals surface area contributed by atoms with Gasteiger partial charge < -0.3 is 5.32 Å². The van der Waals surface area contributed by atoms with E-state index in [-0.39, 0.29) is 17.4 Å². The first-order valence-corrected chi connectivity index (χ1v) is 7.42. The van der Waals surface area contributed by atoms with Crippen molar-refractivity contribution in [3.05, 3.63) is 69.4 Å². The monoisotopic (exact) mass is 357 g/mol. The van der Waals surface area contributed by atoms with Crippen LogP contribution in [0.25, 0.3) is 0 Å². The van der Waals surface area contributed by atoms with E-state index >= 15 is 0 Å². The molecule has 2 rings (SSSR count). The summed E-state index contributed by atoms with van der Waals surface area (Å²) in [6, 6.07) is 7.68. The van der Waals surface area contributed by atoms with E-state index in [0.29, 0.717) is 17.4 Å². The van der Waals surface area contributed by atoms with Crippen LogP contribution in [0.5, 0.6) is 0 Å². The molecule has 2 aromatic carbocycles. The van der Waals surface area contributed by atoms with Crippen LogP contribution in [0.3, 0.4) is 0 Å². The van der Waals surface area contributed by atoms with E-state index in [4.69, 9.17) is 0 Å². The highest BCUT2D eigenvalue weighted by molar-refractivity contribution is 9.10. The van der Waals surface area contributed by atoms with Gasteiger partial charge in [0, 0.05) is 11.6 Å². The zero-order valence-corrected chi connectivity index (χ0v) is 13.1. The molecule has 0 saturated carbocycles. The lowest BCUT2D eigenvalue weighted by Crippen LogP contribution is -2.24. The van der Waals surface area contributed by atoms with Gasteiger partial charge in [0.05, 0.1) is 4.47 Å². The van der Waals surface area contributed by atoms with Crippen LogP contribution in [0.2, 0.25) is 0 Å². The lowest BCUT2D eigenvalue weighted by Gasteiger charge is -2.19. The second-order valence-corrected chi connectivity index (χ2v) is 5.58. The van der Waals surface area contributed by atoms with Gasteiger partial charge in [-0.1, -0.05) is 13.0 Å². The first-order chi connectivity index (χ1) is 10.0. The smallest absolute Gasteiger partial charge is 0.137 e. The first kappa shape index (κ1) is 16.0. The molecule has 0 aromatic heterocycles. The van der Waals surface area contributed by atoms with Gasteiger partial charge in [-0.25, -0.2) is 13.2 Å².